The number of ether oxygens (including phenoxy) is 2. The lowest BCUT2D eigenvalue weighted by Gasteiger charge is -2.32. The zero-order valence-electron chi connectivity index (χ0n) is 12.8. The normalized spacial score (nSPS) is 18.8. The first-order valence-corrected chi connectivity index (χ1v) is 7.63. The van der Waals surface area contributed by atoms with Crippen LogP contribution in [0.4, 0.5) is 17.1 Å². The number of hydrogen-bond acceptors (Lipinski definition) is 7. The Morgan fingerprint density at radius 2 is 1.48 bits per heavy atom. The van der Waals surface area contributed by atoms with Crippen molar-refractivity contribution < 1.29 is 19.2 Å². The van der Waals surface area contributed by atoms with Gasteiger partial charge in [-0.15, -0.1) is 0 Å². The molecule has 0 N–H and O–H groups in total. The molecule has 23 heavy (non-hydrogen) atoms. The lowest BCUT2D eigenvalue weighted by Crippen LogP contribution is -2.38. The van der Waals surface area contributed by atoms with E-state index in [0.29, 0.717) is 70.1 Å². The molecule has 2 heterocycles. The number of nitro groups is 1. The summed E-state index contributed by atoms with van der Waals surface area (Å²) in [6, 6.07) is 3.14. The van der Waals surface area contributed by atoms with Crippen LogP contribution in [-0.2, 0) is 9.47 Å². The van der Waals surface area contributed by atoms with Gasteiger partial charge < -0.3 is 19.3 Å². The first-order chi connectivity index (χ1) is 11.2. The summed E-state index contributed by atoms with van der Waals surface area (Å²) in [5, 5.41) is 11.4. The van der Waals surface area contributed by atoms with Crippen molar-refractivity contribution in [2.24, 2.45) is 0 Å². The Bertz CT molecular complexity index is 595. The van der Waals surface area contributed by atoms with E-state index in [-0.39, 0.29) is 5.69 Å². The van der Waals surface area contributed by atoms with Crippen molar-refractivity contribution in [3.63, 3.8) is 0 Å². The minimum atomic E-state index is -0.430. The molecule has 0 radical (unpaired) electrons. The van der Waals surface area contributed by atoms with Crippen LogP contribution in [0, 0.1) is 10.1 Å². The van der Waals surface area contributed by atoms with Gasteiger partial charge in [-0.1, -0.05) is 0 Å². The summed E-state index contributed by atoms with van der Waals surface area (Å²) in [6.07, 6.45) is 0.681. The third-order valence-corrected chi connectivity index (χ3v) is 4.15. The fourth-order valence-electron chi connectivity index (χ4n) is 2.96. The summed E-state index contributed by atoms with van der Waals surface area (Å²) in [5.74, 6) is 0. The molecule has 1 aromatic carbocycles. The smallest absolute Gasteiger partial charge is 0.293 e. The average molecular weight is 321 g/mol. The molecule has 0 unspecified atom stereocenters. The molecule has 0 aliphatic carbocycles. The van der Waals surface area contributed by atoms with E-state index in [4.69, 9.17) is 9.47 Å². The van der Waals surface area contributed by atoms with E-state index in [1.807, 2.05) is 9.80 Å². The average Bonchev–Trinajstić information content (AvgIpc) is 2.62. The van der Waals surface area contributed by atoms with Crippen LogP contribution in [0.2, 0.25) is 0 Å². The minimum absolute atomic E-state index is 0.0361. The van der Waals surface area contributed by atoms with E-state index in [1.54, 1.807) is 6.07 Å². The number of hydrogen-bond donors (Lipinski definition) is 0. The number of benzene rings is 1. The lowest BCUT2D eigenvalue weighted by molar-refractivity contribution is -0.384. The first-order valence-electron chi connectivity index (χ1n) is 7.63. The number of morpholine rings is 2. The second kappa shape index (κ2) is 6.93. The Morgan fingerprint density at radius 3 is 1.96 bits per heavy atom. The molecule has 124 valence electrons. The molecule has 1 aromatic rings. The molecular weight excluding hydrogens is 302 g/mol. The number of carbonyl (C=O) groups excluding carboxylic acids is 1. The van der Waals surface area contributed by atoms with Gasteiger partial charge in [0.05, 0.1) is 31.4 Å². The zero-order valence-corrected chi connectivity index (χ0v) is 12.8. The number of anilines is 2. The molecule has 8 heteroatoms. The van der Waals surface area contributed by atoms with Crippen molar-refractivity contribution >= 4 is 23.3 Å². The van der Waals surface area contributed by atoms with Crippen LogP contribution in [-0.4, -0.2) is 63.8 Å². The first kappa shape index (κ1) is 15.7. The van der Waals surface area contributed by atoms with Gasteiger partial charge in [-0.2, -0.15) is 0 Å². The van der Waals surface area contributed by atoms with E-state index in [9.17, 15) is 14.9 Å². The highest BCUT2D eigenvalue weighted by atomic mass is 16.6. The van der Waals surface area contributed by atoms with Crippen LogP contribution in [0.1, 0.15) is 10.4 Å². The molecule has 0 spiro atoms. The van der Waals surface area contributed by atoms with Gasteiger partial charge in [0.1, 0.15) is 5.69 Å². The van der Waals surface area contributed by atoms with E-state index >= 15 is 0 Å². The third kappa shape index (κ3) is 3.27. The maximum atomic E-state index is 11.4. The third-order valence-electron chi connectivity index (χ3n) is 4.15. The fourth-order valence-corrected chi connectivity index (χ4v) is 2.96. The second-order valence-corrected chi connectivity index (χ2v) is 5.47. The molecule has 2 aliphatic rings. The molecule has 8 nitrogen and oxygen atoms in total. The predicted octanol–water partition coefficient (Wildman–Crippen LogP) is 1.08. The van der Waals surface area contributed by atoms with Gasteiger partial charge in [0.25, 0.3) is 5.69 Å². The van der Waals surface area contributed by atoms with Gasteiger partial charge in [-0.3, -0.25) is 14.9 Å². The van der Waals surface area contributed by atoms with Crippen molar-refractivity contribution in [2.75, 3.05) is 62.4 Å². The van der Waals surface area contributed by atoms with E-state index in [1.165, 1.54) is 6.07 Å². The summed E-state index contributed by atoms with van der Waals surface area (Å²) < 4.78 is 10.7. The summed E-state index contributed by atoms with van der Waals surface area (Å²) in [5.41, 5.74) is 1.59. The van der Waals surface area contributed by atoms with Crippen molar-refractivity contribution in [1.82, 2.24) is 0 Å². The summed E-state index contributed by atoms with van der Waals surface area (Å²) >= 11 is 0. The van der Waals surface area contributed by atoms with Crippen LogP contribution in [0.25, 0.3) is 0 Å². The van der Waals surface area contributed by atoms with Gasteiger partial charge in [-0.05, 0) is 6.07 Å². The Balaban J connectivity index is 2.04. The number of rotatable bonds is 4. The highest BCUT2D eigenvalue weighted by molar-refractivity contribution is 5.89. The number of nitrogens with zero attached hydrogens (tertiary/aromatic N) is 3. The van der Waals surface area contributed by atoms with Crippen molar-refractivity contribution in [1.29, 1.82) is 0 Å². The summed E-state index contributed by atoms with van der Waals surface area (Å²) in [7, 11) is 0. The molecular formula is C15H19N3O5. The van der Waals surface area contributed by atoms with Crippen molar-refractivity contribution in [3.05, 3.63) is 27.8 Å². The molecule has 0 bridgehead atoms. The van der Waals surface area contributed by atoms with Crippen molar-refractivity contribution in [3.8, 4) is 0 Å². The molecule has 2 saturated heterocycles. The van der Waals surface area contributed by atoms with Gasteiger partial charge in [0.15, 0.2) is 6.29 Å². The Labute approximate surface area is 133 Å². The minimum Gasteiger partial charge on any atom is -0.378 e. The molecule has 0 amide bonds. The Hall–Kier alpha value is -2.19. The second-order valence-electron chi connectivity index (χ2n) is 5.47. The summed E-state index contributed by atoms with van der Waals surface area (Å²) in [4.78, 5) is 26.4. The van der Waals surface area contributed by atoms with Gasteiger partial charge in [-0.25, -0.2) is 0 Å². The van der Waals surface area contributed by atoms with Crippen LogP contribution in [0.5, 0.6) is 0 Å². The maximum absolute atomic E-state index is 11.4. The monoisotopic (exact) mass is 321 g/mol. The maximum Gasteiger partial charge on any atom is 0.293 e. The molecule has 3 rings (SSSR count). The van der Waals surface area contributed by atoms with Gasteiger partial charge in [0.2, 0.25) is 0 Å². The molecule has 2 aliphatic heterocycles. The largest absolute Gasteiger partial charge is 0.378 e. The van der Waals surface area contributed by atoms with E-state index in [0.717, 1.165) is 5.69 Å². The standard InChI is InChI=1S/C15H19N3O5/c19-11-12-9-15(18(20)21)14(17-3-7-23-8-4-17)10-13(12)16-1-5-22-6-2-16/h9-11H,1-8H2. The fraction of sp³-hybridized carbons (Fsp3) is 0.533. The summed E-state index contributed by atoms with van der Waals surface area (Å²) in [6.45, 7) is 4.79. The highest BCUT2D eigenvalue weighted by Crippen LogP contribution is 2.36. The van der Waals surface area contributed by atoms with E-state index in [2.05, 4.69) is 0 Å². The molecule has 2 fully saturated rings. The van der Waals surface area contributed by atoms with Crippen LogP contribution in [0.3, 0.4) is 0 Å². The van der Waals surface area contributed by atoms with Crippen LogP contribution < -0.4 is 9.80 Å². The molecule has 0 saturated carbocycles. The van der Waals surface area contributed by atoms with Crippen molar-refractivity contribution in [2.45, 2.75) is 0 Å². The van der Waals surface area contributed by atoms with Crippen LogP contribution >= 0.6 is 0 Å². The zero-order chi connectivity index (χ0) is 16.2. The van der Waals surface area contributed by atoms with E-state index < -0.39 is 4.92 Å². The number of nitro benzene ring substituents is 1. The number of carbonyl (C=O) groups is 1. The number of aldehydes is 1. The Morgan fingerprint density at radius 1 is 0.957 bits per heavy atom. The quantitative estimate of drug-likeness (QED) is 0.466. The lowest BCUT2D eigenvalue weighted by atomic mass is 10.1. The van der Waals surface area contributed by atoms with Gasteiger partial charge >= 0.3 is 0 Å². The molecule has 0 aromatic heterocycles. The van der Waals surface area contributed by atoms with Crippen LogP contribution in [0.15, 0.2) is 12.1 Å². The SMILES string of the molecule is O=Cc1cc([N+](=O)[O-])c(N2CCOCC2)cc1N1CCOCC1. The Kier molecular flexibility index (Phi) is 4.73. The highest BCUT2D eigenvalue weighted by Gasteiger charge is 2.26. The topological polar surface area (TPSA) is 85.1 Å². The predicted molar refractivity (Wildman–Crippen MR) is 84.5 cm³/mol. The molecule has 0 atom stereocenters. The van der Waals surface area contributed by atoms with Gasteiger partial charge in [0, 0.05) is 43.5 Å².